The van der Waals surface area contributed by atoms with Crippen LogP contribution in [-0.4, -0.2) is 82.7 Å². The summed E-state index contributed by atoms with van der Waals surface area (Å²) < 4.78 is 0. The molecule has 0 bridgehead atoms. The van der Waals surface area contributed by atoms with Gasteiger partial charge >= 0.3 is 0 Å². The van der Waals surface area contributed by atoms with Crippen LogP contribution in [-0.2, 0) is 19.2 Å². The third kappa shape index (κ3) is 5.04. The lowest BCUT2D eigenvalue weighted by molar-refractivity contribution is -0.144. The molecule has 3 aliphatic rings. The van der Waals surface area contributed by atoms with Gasteiger partial charge in [0, 0.05) is 49.1 Å². The van der Waals surface area contributed by atoms with Gasteiger partial charge in [0.25, 0.3) is 0 Å². The highest BCUT2D eigenvalue weighted by atomic mass is 35.5. The van der Waals surface area contributed by atoms with Crippen LogP contribution < -0.4 is 0 Å². The van der Waals surface area contributed by atoms with Gasteiger partial charge in [0.1, 0.15) is 0 Å². The molecule has 2 aromatic carbocycles. The second-order valence-corrected chi connectivity index (χ2v) is 10.3. The maximum absolute atomic E-state index is 13.0. The number of halogens is 2. The Morgan fingerprint density at radius 2 is 0.917 bits per heavy atom. The average molecular weight is 529 g/mol. The van der Waals surface area contributed by atoms with Gasteiger partial charge in [0.2, 0.25) is 23.6 Å². The normalized spacial score (nSPS) is 23.8. The van der Waals surface area contributed by atoms with Crippen molar-refractivity contribution in [2.75, 3.05) is 39.5 Å². The average Bonchev–Trinajstić information content (AvgIpc) is 3.31. The van der Waals surface area contributed by atoms with E-state index in [0.717, 1.165) is 11.1 Å². The van der Waals surface area contributed by atoms with Gasteiger partial charge in [0.15, 0.2) is 0 Å². The molecule has 3 aliphatic heterocycles. The lowest BCUT2D eigenvalue weighted by Crippen LogP contribution is -2.53. The summed E-state index contributed by atoms with van der Waals surface area (Å²) >= 11 is 11.9. The molecule has 0 saturated carbocycles. The fraction of sp³-hybridized carbons (Fsp3) is 0.385. The molecular formula is C26H26Cl2N4O4. The Bertz CT molecular complexity index is 1090. The van der Waals surface area contributed by atoms with Crippen molar-refractivity contribution in [2.24, 2.45) is 0 Å². The molecule has 188 valence electrons. The van der Waals surface area contributed by atoms with E-state index in [2.05, 4.69) is 9.80 Å². The summed E-state index contributed by atoms with van der Waals surface area (Å²) in [6, 6.07) is 14.1. The van der Waals surface area contributed by atoms with Crippen molar-refractivity contribution in [3.63, 3.8) is 0 Å². The minimum atomic E-state index is -0.475. The number of piperazine rings is 1. The molecule has 36 heavy (non-hydrogen) atoms. The van der Waals surface area contributed by atoms with Crippen LogP contribution in [0.2, 0.25) is 10.0 Å². The van der Waals surface area contributed by atoms with Crippen LogP contribution >= 0.6 is 23.2 Å². The summed E-state index contributed by atoms with van der Waals surface area (Å²) in [6.45, 7) is 2.99. The number of likely N-dealkylation sites (tertiary alicyclic amines) is 2. The summed E-state index contributed by atoms with van der Waals surface area (Å²) in [5, 5.41) is 1.17. The Labute approximate surface area is 219 Å². The summed E-state index contributed by atoms with van der Waals surface area (Å²) in [4.78, 5) is 57.9. The fourth-order valence-electron chi connectivity index (χ4n) is 5.05. The van der Waals surface area contributed by atoms with E-state index in [1.807, 2.05) is 0 Å². The fourth-order valence-corrected chi connectivity index (χ4v) is 5.30. The predicted octanol–water partition coefficient (Wildman–Crippen LogP) is 2.91. The number of imide groups is 2. The zero-order valence-corrected chi connectivity index (χ0v) is 21.1. The van der Waals surface area contributed by atoms with Crippen molar-refractivity contribution in [3.8, 4) is 0 Å². The van der Waals surface area contributed by atoms with Crippen molar-refractivity contribution in [1.82, 2.24) is 19.6 Å². The van der Waals surface area contributed by atoms with E-state index in [-0.39, 0.29) is 49.8 Å². The van der Waals surface area contributed by atoms with E-state index in [1.54, 1.807) is 48.5 Å². The first-order valence-corrected chi connectivity index (χ1v) is 12.7. The van der Waals surface area contributed by atoms with Gasteiger partial charge in [0.05, 0.1) is 25.2 Å². The number of carbonyl (C=O) groups excluding carboxylic acids is 4. The quantitative estimate of drug-likeness (QED) is 0.536. The predicted molar refractivity (Wildman–Crippen MR) is 134 cm³/mol. The second-order valence-electron chi connectivity index (χ2n) is 9.46. The smallest absolute Gasteiger partial charge is 0.238 e. The van der Waals surface area contributed by atoms with Crippen molar-refractivity contribution >= 4 is 46.8 Å². The highest BCUT2D eigenvalue weighted by molar-refractivity contribution is 6.30. The van der Waals surface area contributed by atoms with Gasteiger partial charge in [-0.2, -0.15) is 0 Å². The Morgan fingerprint density at radius 3 is 1.25 bits per heavy atom. The summed E-state index contributed by atoms with van der Waals surface area (Å²) in [5.41, 5.74) is 1.59. The molecule has 0 aromatic heterocycles. The van der Waals surface area contributed by atoms with Crippen LogP contribution in [0.1, 0.15) is 35.8 Å². The van der Waals surface area contributed by atoms with E-state index in [9.17, 15) is 19.2 Å². The van der Waals surface area contributed by atoms with Crippen molar-refractivity contribution in [1.29, 1.82) is 0 Å². The monoisotopic (exact) mass is 528 g/mol. The summed E-state index contributed by atoms with van der Waals surface area (Å²) in [7, 11) is 0. The molecule has 2 aromatic rings. The molecule has 3 heterocycles. The van der Waals surface area contributed by atoms with Crippen molar-refractivity contribution in [2.45, 2.75) is 24.7 Å². The minimum Gasteiger partial charge on any atom is -0.283 e. The van der Waals surface area contributed by atoms with Crippen molar-refractivity contribution in [3.05, 3.63) is 69.7 Å². The topological polar surface area (TPSA) is 81.2 Å². The van der Waals surface area contributed by atoms with Crippen LogP contribution in [0.25, 0.3) is 0 Å². The van der Waals surface area contributed by atoms with E-state index in [1.165, 1.54) is 9.80 Å². The molecule has 3 fully saturated rings. The zero-order chi connectivity index (χ0) is 25.4. The molecule has 0 spiro atoms. The largest absolute Gasteiger partial charge is 0.283 e. The molecule has 0 aliphatic carbocycles. The van der Waals surface area contributed by atoms with Gasteiger partial charge in [-0.1, -0.05) is 47.5 Å². The lowest BCUT2D eigenvalue weighted by Gasteiger charge is -2.37. The molecule has 4 amide bonds. The number of hydrogen-bond acceptors (Lipinski definition) is 6. The van der Waals surface area contributed by atoms with Gasteiger partial charge in [-0.05, 0) is 35.4 Å². The molecule has 2 unspecified atom stereocenters. The van der Waals surface area contributed by atoms with Crippen LogP contribution in [0.15, 0.2) is 48.5 Å². The number of nitrogens with zero attached hydrogens (tertiary/aromatic N) is 4. The molecule has 0 N–H and O–H groups in total. The third-order valence-corrected chi connectivity index (χ3v) is 7.68. The molecule has 5 rings (SSSR count). The first kappa shape index (κ1) is 24.9. The van der Waals surface area contributed by atoms with Crippen LogP contribution in [0.3, 0.4) is 0 Å². The Morgan fingerprint density at radius 1 is 0.583 bits per heavy atom. The lowest BCUT2D eigenvalue weighted by atomic mass is 9.98. The van der Waals surface area contributed by atoms with E-state index < -0.39 is 11.8 Å². The molecule has 0 radical (unpaired) electrons. The van der Waals surface area contributed by atoms with Gasteiger partial charge in [-0.3, -0.25) is 38.8 Å². The van der Waals surface area contributed by atoms with E-state index >= 15 is 0 Å². The first-order chi connectivity index (χ1) is 17.3. The maximum atomic E-state index is 13.0. The Kier molecular flexibility index (Phi) is 7.12. The molecule has 10 heteroatoms. The summed E-state index contributed by atoms with van der Waals surface area (Å²) in [5.74, 6) is -1.68. The van der Waals surface area contributed by atoms with Crippen LogP contribution in [0.5, 0.6) is 0 Å². The number of carbonyl (C=O) groups is 4. The van der Waals surface area contributed by atoms with Gasteiger partial charge in [-0.25, -0.2) is 0 Å². The minimum absolute atomic E-state index is 0.161. The molecule has 8 nitrogen and oxygen atoms in total. The van der Waals surface area contributed by atoms with Crippen LogP contribution in [0, 0.1) is 0 Å². The highest BCUT2D eigenvalue weighted by Gasteiger charge is 2.42. The number of rotatable bonds is 6. The zero-order valence-electron chi connectivity index (χ0n) is 19.6. The molecule has 2 atom stereocenters. The number of hydrogen-bond donors (Lipinski definition) is 0. The second kappa shape index (κ2) is 10.3. The SMILES string of the molecule is O=C1CC(c2ccc(Cl)cc2)C(=O)N1CN1CCN(CN2C(=O)CC(c3ccc(Cl)cc3)C2=O)CC1. The molecule has 3 saturated heterocycles. The van der Waals surface area contributed by atoms with Crippen molar-refractivity contribution < 1.29 is 19.2 Å². The van der Waals surface area contributed by atoms with E-state index in [4.69, 9.17) is 23.2 Å². The Balaban J connectivity index is 1.14. The Hall–Kier alpha value is -2.78. The standard InChI is InChI=1S/C26H26Cl2N4O4/c27-19-5-1-17(2-6-19)21-13-23(33)31(25(21)35)15-29-9-11-30(12-10-29)16-32-24(34)14-22(26(32)36)18-3-7-20(28)8-4-18/h1-8,21-22H,9-16H2. The van der Waals surface area contributed by atoms with Crippen LogP contribution in [0.4, 0.5) is 0 Å². The number of amides is 4. The number of benzene rings is 2. The summed E-state index contributed by atoms with van der Waals surface area (Å²) in [6.07, 6.45) is 0.322. The van der Waals surface area contributed by atoms with E-state index in [0.29, 0.717) is 36.2 Å². The maximum Gasteiger partial charge on any atom is 0.238 e. The van der Waals surface area contributed by atoms with Gasteiger partial charge in [-0.15, -0.1) is 0 Å². The van der Waals surface area contributed by atoms with Gasteiger partial charge < -0.3 is 0 Å². The molecular weight excluding hydrogens is 503 g/mol. The first-order valence-electron chi connectivity index (χ1n) is 11.9. The third-order valence-electron chi connectivity index (χ3n) is 7.18. The highest BCUT2D eigenvalue weighted by Crippen LogP contribution is 2.32.